The Bertz CT molecular complexity index is 2630. The topological polar surface area (TPSA) is 0 Å². The summed E-state index contributed by atoms with van der Waals surface area (Å²) in [6.07, 6.45) is 0. The summed E-state index contributed by atoms with van der Waals surface area (Å²) in [7, 11) is 0. The van der Waals surface area contributed by atoms with Gasteiger partial charge in [-0.3, -0.25) is 0 Å². The van der Waals surface area contributed by atoms with Crippen LogP contribution in [0, 0.1) is 12.1 Å². The van der Waals surface area contributed by atoms with Crippen LogP contribution in [0.25, 0.3) is 97.3 Å². The molecule has 0 saturated heterocycles. The third-order valence-electron chi connectivity index (χ3n) is 9.38. The molecule has 0 aliphatic rings. The van der Waals surface area contributed by atoms with E-state index in [1.807, 2.05) is 0 Å². The van der Waals surface area contributed by atoms with Gasteiger partial charge in [-0.05, 0) is 113 Å². The van der Waals surface area contributed by atoms with Crippen LogP contribution in [0.2, 0.25) is 0 Å². The molecular weight excluding hydrogens is 617 g/mol. The molecule has 0 aliphatic carbocycles. The van der Waals surface area contributed by atoms with E-state index in [0.717, 1.165) is 11.1 Å². The molecule has 1 radical (unpaired) electrons. The first-order valence-electron chi connectivity index (χ1n) is 15.1. The van der Waals surface area contributed by atoms with E-state index in [1.165, 1.54) is 86.2 Å². The van der Waals surface area contributed by atoms with Gasteiger partial charge >= 0.3 is 0 Å². The SMILES string of the molecule is [Y].[c-]1cc2cc3cc4cc5ccccc5cc4cc3cc2cc1-c1[c-]cc2cc3cc4cc5ccccc5cc4cc3cc2c1. The van der Waals surface area contributed by atoms with E-state index in [1.54, 1.807) is 0 Å². The van der Waals surface area contributed by atoms with E-state index < -0.39 is 0 Å². The maximum atomic E-state index is 3.57. The Hall–Kier alpha value is -4.62. The molecule has 0 saturated carbocycles. The van der Waals surface area contributed by atoms with Crippen LogP contribution in [0.15, 0.2) is 146 Å². The van der Waals surface area contributed by atoms with Crippen molar-refractivity contribution in [3.63, 3.8) is 0 Å². The van der Waals surface area contributed by atoms with E-state index in [9.17, 15) is 0 Å². The molecule has 0 nitrogen and oxygen atoms in total. The second-order valence-electron chi connectivity index (χ2n) is 12.1. The third kappa shape index (κ3) is 4.44. The number of hydrogen-bond acceptors (Lipinski definition) is 0. The summed E-state index contributed by atoms with van der Waals surface area (Å²) in [4.78, 5) is 0. The Morgan fingerprint density at radius 1 is 0.244 bits per heavy atom. The average molecular weight is 642 g/mol. The Kier molecular flexibility index (Phi) is 6.07. The van der Waals surface area contributed by atoms with Crippen LogP contribution in [-0.4, -0.2) is 0 Å². The summed E-state index contributed by atoms with van der Waals surface area (Å²) in [5, 5.41) is 20.1. The molecule has 10 aromatic rings. The first kappa shape index (κ1) is 26.8. The maximum Gasteiger partial charge on any atom is 0 e. The van der Waals surface area contributed by atoms with Gasteiger partial charge in [0.25, 0.3) is 0 Å². The molecule has 1 heteroatoms. The summed E-state index contributed by atoms with van der Waals surface area (Å²) >= 11 is 0. The first-order valence-corrected chi connectivity index (χ1v) is 15.1. The van der Waals surface area contributed by atoms with Gasteiger partial charge in [-0.15, -0.1) is 33.7 Å². The number of rotatable bonds is 1. The molecule has 10 aromatic carbocycles. The van der Waals surface area contributed by atoms with E-state index in [4.69, 9.17) is 0 Å². The number of hydrogen-bond donors (Lipinski definition) is 0. The van der Waals surface area contributed by atoms with Gasteiger partial charge in [0, 0.05) is 32.7 Å². The standard InChI is InChI=1S/C44H24.Y/c1-3-7-29-15-39-25-43-21-35-17-31(9-11-33(35)19-41(43)23-37(39)13-27(29)5-1)32-10-12-34-20-42-24-38-14-28-6-2-4-8-30(28)16-40(38)26-44(42)22-36(34)18-32;/h1-8,11-26H;/q-2;. The van der Waals surface area contributed by atoms with Crippen LogP contribution in [0.5, 0.6) is 0 Å². The number of benzene rings is 10. The minimum absolute atomic E-state index is 0. The predicted octanol–water partition coefficient (Wildman–Crippen LogP) is 12.2. The molecule has 0 heterocycles. The second-order valence-corrected chi connectivity index (χ2v) is 12.1. The molecule has 0 atom stereocenters. The van der Waals surface area contributed by atoms with Gasteiger partial charge in [-0.25, -0.2) is 11.1 Å². The smallest absolute Gasteiger partial charge is 0 e. The average Bonchev–Trinajstić information content (AvgIpc) is 3.05. The maximum absolute atomic E-state index is 3.57. The molecule has 0 N–H and O–H groups in total. The Morgan fingerprint density at radius 2 is 0.467 bits per heavy atom. The molecule has 205 valence electrons. The zero-order valence-corrected chi connectivity index (χ0v) is 27.3. The normalized spacial score (nSPS) is 11.8. The van der Waals surface area contributed by atoms with Gasteiger partial charge in [0.1, 0.15) is 0 Å². The summed E-state index contributed by atoms with van der Waals surface area (Å²) in [5.74, 6) is 0. The largest absolute Gasteiger partial charge is 0.226 e. The summed E-state index contributed by atoms with van der Waals surface area (Å²) in [5.41, 5.74) is 2.13. The van der Waals surface area contributed by atoms with Crippen molar-refractivity contribution in [2.45, 2.75) is 0 Å². The van der Waals surface area contributed by atoms with Crippen LogP contribution >= 0.6 is 0 Å². The Balaban J connectivity index is 0.00000281. The van der Waals surface area contributed by atoms with E-state index in [-0.39, 0.29) is 32.7 Å². The molecular formula is C44H24Y-2. The van der Waals surface area contributed by atoms with Gasteiger partial charge < -0.3 is 0 Å². The molecule has 0 aromatic heterocycles. The molecule has 45 heavy (non-hydrogen) atoms. The van der Waals surface area contributed by atoms with Gasteiger partial charge in [0.15, 0.2) is 0 Å². The quantitative estimate of drug-likeness (QED) is 0.124. The van der Waals surface area contributed by atoms with E-state index >= 15 is 0 Å². The number of fused-ring (bicyclic) bond motifs is 8. The molecule has 10 rings (SSSR count). The van der Waals surface area contributed by atoms with Crippen molar-refractivity contribution in [3.05, 3.63) is 158 Å². The van der Waals surface area contributed by atoms with Crippen LogP contribution in [0.3, 0.4) is 0 Å². The molecule has 0 amide bonds. The van der Waals surface area contributed by atoms with Crippen LogP contribution < -0.4 is 0 Å². The van der Waals surface area contributed by atoms with Gasteiger partial charge in [0.2, 0.25) is 0 Å². The van der Waals surface area contributed by atoms with Crippen molar-refractivity contribution in [2.24, 2.45) is 0 Å². The molecule has 0 unspecified atom stereocenters. The monoisotopic (exact) mass is 641 g/mol. The summed E-state index contributed by atoms with van der Waals surface area (Å²) in [6.45, 7) is 0. The van der Waals surface area contributed by atoms with E-state index in [2.05, 4.69) is 158 Å². The van der Waals surface area contributed by atoms with Crippen LogP contribution in [-0.2, 0) is 32.7 Å². The van der Waals surface area contributed by atoms with Crippen molar-refractivity contribution in [3.8, 4) is 11.1 Å². The minimum atomic E-state index is 0. The zero-order valence-electron chi connectivity index (χ0n) is 24.4. The summed E-state index contributed by atoms with van der Waals surface area (Å²) < 4.78 is 0. The fraction of sp³-hybridized carbons (Fsp3) is 0. The first-order chi connectivity index (χ1) is 21.7. The van der Waals surface area contributed by atoms with Gasteiger partial charge in [-0.2, -0.15) is 24.3 Å². The van der Waals surface area contributed by atoms with Crippen LogP contribution in [0.1, 0.15) is 0 Å². The van der Waals surface area contributed by atoms with Crippen molar-refractivity contribution >= 4 is 86.2 Å². The van der Waals surface area contributed by atoms with Crippen molar-refractivity contribution in [1.29, 1.82) is 0 Å². The minimum Gasteiger partial charge on any atom is -0.226 e. The van der Waals surface area contributed by atoms with Crippen molar-refractivity contribution in [1.82, 2.24) is 0 Å². The van der Waals surface area contributed by atoms with Crippen molar-refractivity contribution in [2.75, 3.05) is 0 Å². The molecule has 0 spiro atoms. The Labute approximate surface area is 285 Å². The Morgan fingerprint density at radius 3 is 0.756 bits per heavy atom. The molecule has 0 fully saturated rings. The second kappa shape index (κ2) is 10.2. The molecule has 0 aliphatic heterocycles. The van der Waals surface area contributed by atoms with Gasteiger partial charge in [-0.1, -0.05) is 72.8 Å². The fourth-order valence-electron chi connectivity index (χ4n) is 7.07. The zero-order chi connectivity index (χ0) is 28.8. The molecule has 0 bridgehead atoms. The fourth-order valence-corrected chi connectivity index (χ4v) is 7.07. The predicted molar refractivity (Wildman–Crippen MR) is 190 cm³/mol. The van der Waals surface area contributed by atoms with Gasteiger partial charge in [0.05, 0.1) is 0 Å². The van der Waals surface area contributed by atoms with E-state index in [0.29, 0.717) is 0 Å². The van der Waals surface area contributed by atoms with Crippen LogP contribution in [0.4, 0.5) is 0 Å². The van der Waals surface area contributed by atoms with Crippen molar-refractivity contribution < 1.29 is 32.7 Å². The summed E-state index contributed by atoms with van der Waals surface area (Å²) in [6, 6.07) is 60.8. The third-order valence-corrected chi connectivity index (χ3v) is 9.38.